The van der Waals surface area contributed by atoms with Crippen molar-refractivity contribution in [3.05, 3.63) is 54.6 Å². The molecule has 0 N–H and O–H groups in total. The number of rotatable bonds is 7. The Kier molecular flexibility index (Phi) is 6.36. The fraction of sp³-hybridized carbons (Fsp3) is 0.381. The maximum Gasteiger partial charge on any atom is 0.389 e. The molecule has 1 heterocycles. The first kappa shape index (κ1) is 18.1. The number of nitrogens with zero attached hydrogens (tertiary/aromatic N) is 1. The van der Waals surface area contributed by atoms with Gasteiger partial charge in [0.05, 0.1) is 6.61 Å². The van der Waals surface area contributed by atoms with Crippen molar-refractivity contribution in [3.63, 3.8) is 0 Å². The molecule has 2 aromatic carbocycles. The maximum atomic E-state index is 12.2. The number of hydrogen-bond acceptors (Lipinski definition) is 5. The Morgan fingerprint density at radius 1 is 0.923 bits per heavy atom. The van der Waals surface area contributed by atoms with Gasteiger partial charge in [0.15, 0.2) is 0 Å². The second-order valence-electron chi connectivity index (χ2n) is 6.17. The molecule has 1 unspecified atom stereocenters. The second kappa shape index (κ2) is 9.13. The van der Waals surface area contributed by atoms with Crippen molar-refractivity contribution in [2.75, 3.05) is 24.6 Å². The van der Waals surface area contributed by atoms with Crippen LogP contribution in [0, 0.1) is 0 Å². The van der Waals surface area contributed by atoms with E-state index in [1.807, 2.05) is 42.5 Å². The smallest absolute Gasteiger partial charge is 0.389 e. The van der Waals surface area contributed by atoms with Crippen LogP contribution in [0.3, 0.4) is 0 Å². The van der Waals surface area contributed by atoms with Gasteiger partial charge in [0, 0.05) is 18.8 Å². The van der Waals surface area contributed by atoms with E-state index in [-0.39, 0.29) is 6.61 Å². The molecule has 0 saturated carbocycles. The van der Waals surface area contributed by atoms with E-state index < -0.39 is 12.3 Å². The molecule has 0 aromatic heterocycles. The highest BCUT2D eigenvalue weighted by Crippen LogP contribution is 2.24. The predicted octanol–water partition coefficient (Wildman–Crippen LogP) is 4.02. The van der Waals surface area contributed by atoms with Crippen LogP contribution in [0.25, 0.3) is 0 Å². The third-order valence-corrected chi connectivity index (χ3v) is 4.27. The predicted molar refractivity (Wildman–Crippen MR) is 101 cm³/mol. The zero-order chi connectivity index (χ0) is 18.2. The molecule has 2 aromatic rings. The van der Waals surface area contributed by atoms with Crippen LogP contribution in [-0.2, 0) is 9.53 Å². The minimum Gasteiger partial charge on any atom is -0.460 e. The molecule has 0 spiro atoms. The molecule has 138 valence electrons. The number of benzene rings is 2. The lowest BCUT2D eigenvalue weighted by atomic mass is 10.1. The largest absolute Gasteiger partial charge is 0.460 e. The summed E-state index contributed by atoms with van der Waals surface area (Å²) in [6.07, 6.45) is 2.62. The van der Waals surface area contributed by atoms with Crippen LogP contribution in [0.4, 0.5) is 5.69 Å². The van der Waals surface area contributed by atoms with Gasteiger partial charge in [-0.05, 0) is 62.6 Å². The van der Waals surface area contributed by atoms with Gasteiger partial charge in [-0.25, -0.2) is 4.79 Å². The lowest BCUT2D eigenvalue weighted by Gasteiger charge is -2.29. The number of carbonyl (C=O) groups is 1. The van der Waals surface area contributed by atoms with Crippen LogP contribution in [-0.4, -0.2) is 32.0 Å². The van der Waals surface area contributed by atoms with Crippen molar-refractivity contribution in [2.45, 2.75) is 32.5 Å². The minimum absolute atomic E-state index is 0.269. The first-order valence-electron chi connectivity index (χ1n) is 9.16. The number of carbonyl (C=O) groups excluding carboxylic acids is 1. The molecule has 5 heteroatoms. The van der Waals surface area contributed by atoms with Gasteiger partial charge in [0.2, 0.25) is 0 Å². The quantitative estimate of drug-likeness (QED) is 0.554. The molecule has 0 radical (unpaired) electrons. The average molecular weight is 355 g/mol. The molecule has 0 amide bonds. The summed E-state index contributed by atoms with van der Waals surface area (Å²) in [5.74, 6) is 0.576. The number of anilines is 1. The van der Waals surface area contributed by atoms with E-state index in [0.29, 0.717) is 11.5 Å². The highest BCUT2D eigenvalue weighted by Gasteiger charge is 2.24. The Bertz CT molecular complexity index is 681. The Hall–Kier alpha value is -2.69. The van der Waals surface area contributed by atoms with Crippen LogP contribution in [0.5, 0.6) is 11.5 Å². The molecule has 26 heavy (non-hydrogen) atoms. The van der Waals surface area contributed by atoms with Crippen LogP contribution in [0.2, 0.25) is 0 Å². The lowest BCUT2D eigenvalue weighted by molar-refractivity contribution is -0.165. The summed E-state index contributed by atoms with van der Waals surface area (Å²) in [6.45, 7) is 4.20. The van der Waals surface area contributed by atoms with E-state index in [1.54, 1.807) is 19.1 Å². The summed E-state index contributed by atoms with van der Waals surface area (Å²) in [6, 6.07) is 16.9. The topological polar surface area (TPSA) is 48.0 Å². The van der Waals surface area contributed by atoms with Crippen molar-refractivity contribution in [1.29, 1.82) is 0 Å². The van der Waals surface area contributed by atoms with Gasteiger partial charge in [0.1, 0.15) is 11.5 Å². The number of piperidine rings is 1. The Balaban J connectivity index is 1.68. The monoisotopic (exact) mass is 355 g/mol. The molecule has 1 atom stereocenters. The molecular weight excluding hydrogens is 330 g/mol. The van der Waals surface area contributed by atoms with Gasteiger partial charge < -0.3 is 19.1 Å². The van der Waals surface area contributed by atoms with Crippen molar-refractivity contribution in [2.24, 2.45) is 0 Å². The molecule has 1 fully saturated rings. The van der Waals surface area contributed by atoms with Gasteiger partial charge in [0.25, 0.3) is 0 Å². The molecule has 1 saturated heterocycles. The van der Waals surface area contributed by atoms with Crippen LogP contribution in [0.15, 0.2) is 54.6 Å². The summed E-state index contributed by atoms with van der Waals surface area (Å²) in [4.78, 5) is 14.6. The zero-order valence-electron chi connectivity index (χ0n) is 15.1. The summed E-state index contributed by atoms with van der Waals surface area (Å²) in [5, 5.41) is 0. The van der Waals surface area contributed by atoms with E-state index in [4.69, 9.17) is 14.2 Å². The van der Waals surface area contributed by atoms with Crippen molar-refractivity contribution < 1.29 is 19.0 Å². The fourth-order valence-corrected chi connectivity index (χ4v) is 2.96. The van der Waals surface area contributed by atoms with E-state index in [9.17, 15) is 4.79 Å². The Morgan fingerprint density at radius 3 is 2.15 bits per heavy atom. The lowest BCUT2D eigenvalue weighted by Crippen LogP contribution is -2.35. The van der Waals surface area contributed by atoms with Gasteiger partial charge in [-0.1, -0.05) is 18.2 Å². The van der Waals surface area contributed by atoms with Crippen molar-refractivity contribution in [3.8, 4) is 11.5 Å². The molecule has 1 aliphatic rings. The SMILES string of the molecule is CCOC(=O)C(Oc1ccccc1)Oc1ccc(N2CCCCC2)cc1. The minimum atomic E-state index is -1.14. The third-order valence-electron chi connectivity index (χ3n) is 4.27. The number of ether oxygens (including phenoxy) is 3. The average Bonchev–Trinajstić information content (AvgIpc) is 2.70. The highest BCUT2D eigenvalue weighted by molar-refractivity contribution is 5.74. The van der Waals surface area contributed by atoms with E-state index in [2.05, 4.69) is 4.90 Å². The zero-order valence-corrected chi connectivity index (χ0v) is 15.1. The fourth-order valence-electron chi connectivity index (χ4n) is 2.96. The number of esters is 1. The highest BCUT2D eigenvalue weighted by atomic mass is 16.7. The standard InChI is InChI=1S/C21H25NO4/c1-2-24-20(23)21(25-18-9-5-3-6-10-18)26-19-13-11-17(12-14-19)22-15-7-4-8-16-22/h3,5-6,9-14,21H,2,4,7-8,15-16H2,1H3. The maximum absolute atomic E-state index is 12.2. The normalized spacial score (nSPS) is 15.2. The molecular formula is C21H25NO4. The summed E-state index contributed by atoms with van der Waals surface area (Å²) in [7, 11) is 0. The van der Waals surface area contributed by atoms with E-state index >= 15 is 0 Å². The van der Waals surface area contributed by atoms with E-state index in [1.165, 1.54) is 24.9 Å². The van der Waals surface area contributed by atoms with Gasteiger partial charge in [-0.2, -0.15) is 0 Å². The Morgan fingerprint density at radius 2 is 1.54 bits per heavy atom. The molecule has 1 aliphatic heterocycles. The van der Waals surface area contributed by atoms with Crippen molar-refractivity contribution >= 4 is 11.7 Å². The molecule has 0 bridgehead atoms. The summed E-state index contributed by atoms with van der Waals surface area (Å²) < 4.78 is 16.5. The van der Waals surface area contributed by atoms with Gasteiger partial charge in [-0.3, -0.25) is 0 Å². The first-order chi connectivity index (χ1) is 12.8. The molecule has 0 aliphatic carbocycles. The van der Waals surface area contributed by atoms with Crippen LogP contribution < -0.4 is 14.4 Å². The van der Waals surface area contributed by atoms with Gasteiger partial charge >= 0.3 is 12.3 Å². The van der Waals surface area contributed by atoms with Crippen LogP contribution >= 0.6 is 0 Å². The van der Waals surface area contributed by atoms with Crippen LogP contribution in [0.1, 0.15) is 26.2 Å². The Labute approximate surface area is 154 Å². The number of hydrogen-bond donors (Lipinski definition) is 0. The van der Waals surface area contributed by atoms with Crippen molar-refractivity contribution in [1.82, 2.24) is 0 Å². The van der Waals surface area contributed by atoms with E-state index in [0.717, 1.165) is 13.1 Å². The van der Waals surface area contributed by atoms with Gasteiger partial charge in [-0.15, -0.1) is 0 Å². The molecule has 5 nitrogen and oxygen atoms in total. The third kappa shape index (κ3) is 4.91. The summed E-state index contributed by atoms with van der Waals surface area (Å²) >= 11 is 0. The second-order valence-corrected chi connectivity index (χ2v) is 6.17. The summed E-state index contributed by atoms with van der Waals surface area (Å²) in [5.41, 5.74) is 1.17. The molecule has 3 rings (SSSR count). The number of para-hydroxylation sites is 1. The first-order valence-corrected chi connectivity index (χ1v) is 9.16.